The van der Waals surface area contributed by atoms with Gasteiger partial charge in [0.05, 0.1) is 4.90 Å². The highest BCUT2D eigenvalue weighted by Gasteiger charge is 2.41. The lowest BCUT2D eigenvalue weighted by atomic mass is 9.96. The molecule has 4 heteroatoms. The van der Waals surface area contributed by atoms with Crippen molar-refractivity contribution in [3.63, 3.8) is 0 Å². The van der Waals surface area contributed by atoms with Crippen LogP contribution in [0.4, 0.5) is 0 Å². The summed E-state index contributed by atoms with van der Waals surface area (Å²) < 4.78 is 27.2. The molecule has 3 rings (SSSR count). The average Bonchev–Trinajstić information content (AvgIpc) is 2.91. The van der Waals surface area contributed by atoms with Crippen LogP contribution in [0.15, 0.2) is 35.2 Å². The Morgan fingerprint density at radius 1 is 1.06 bits per heavy atom. The molecular formula is C13H17NO2S. The summed E-state index contributed by atoms with van der Waals surface area (Å²) in [4.78, 5) is 0.378. The van der Waals surface area contributed by atoms with Gasteiger partial charge >= 0.3 is 0 Å². The van der Waals surface area contributed by atoms with E-state index in [9.17, 15) is 8.42 Å². The first-order chi connectivity index (χ1) is 8.15. The molecule has 3 nitrogen and oxygen atoms in total. The molecule has 0 aliphatic heterocycles. The van der Waals surface area contributed by atoms with E-state index >= 15 is 0 Å². The average molecular weight is 251 g/mol. The van der Waals surface area contributed by atoms with Gasteiger partial charge in [-0.1, -0.05) is 24.6 Å². The van der Waals surface area contributed by atoms with Crippen molar-refractivity contribution in [3.05, 3.63) is 30.3 Å². The van der Waals surface area contributed by atoms with Crippen LogP contribution in [0.2, 0.25) is 0 Å². The van der Waals surface area contributed by atoms with Crippen LogP contribution in [0.1, 0.15) is 25.7 Å². The third kappa shape index (κ3) is 2.11. The monoisotopic (exact) mass is 251 g/mol. The predicted molar refractivity (Wildman–Crippen MR) is 66.0 cm³/mol. The van der Waals surface area contributed by atoms with E-state index in [4.69, 9.17) is 0 Å². The Labute approximate surface area is 102 Å². The van der Waals surface area contributed by atoms with Gasteiger partial charge in [-0.05, 0) is 43.2 Å². The van der Waals surface area contributed by atoms with Gasteiger partial charge < -0.3 is 0 Å². The lowest BCUT2D eigenvalue weighted by molar-refractivity contribution is 0.390. The van der Waals surface area contributed by atoms with Crippen LogP contribution >= 0.6 is 0 Å². The molecule has 92 valence electrons. The zero-order valence-electron chi connectivity index (χ0n) is 9.67. The van der Waals surface area contributed by atoms with Crippen molar-refractivity contribution in [1.29, 1.82) is 0 Å². The van der Waals surface area contributed by atoms with Crippen molar-refractivity contribution in [2.75, 3.05) is 0 Å². The van der Waals surface area contributed by atoms with E-state index in [0.717, 1.165) is 12.3 Å². The van der Waals surface area contributed by atoms with E-state index in [0.29, 0.717) is 10.8 Å². The molecule has 0 amide bonds. The van der Waals surface area contributed by atoms with Crippen molar-refractivity contribution in [2.24, 2.45) is 11.8 Å². The van der Waals surface area contributed by atoms with Crippen molar-refractivity contribution < 1.29 is 8.42 Å². The minimum atomic E-state index is -3.32. The van der Waals surface area contributed by atoms with Crippen LogP contribution in [0.25, 0.3) is 0 Å². The highest BCUT2D eigenvalue weighted by atomic mass is 32.2. The number of hydrogen-bond acceptors (Lipinski definition) is 2. The first-order valence-electron chi connectivity index (χ1n) is 6.22. The van der Waals surface area contributed by atoms with Gasteiger partial charge in [-0.3, -0.25) is 0 Å². The molecule has 0 aromatic heterocycles. The molecule has 2 bridgehead atoms. The van der Waals surface area contributed by atoms with Gasteiger partial charge in [0.25, 0.3) is 0 Å². The SMILES string of the molecule is O=S(=O)(NC1CC2CCC1C2)c1ccccc1. The third-order valence-corrected chi connectivity index (χ3v) is 5.60. The molecule has 2 aliphatic rings. The number of hydrogen-bond donors (Lipinski definition) is 1. The summed E-state index contributed by atoms with van der Waals surface area (Å²) in [6, 6.07) is 8.81. The van der Waals surface area contributed by atoms with E-state index < -0.39 is 10.0 Å². The lowest BCUT2D eigenvalue weighted by Crippen LogP contribution is -2.38. The van der Waals surface area contributed by atoms with E-state index in [2.05, 4.69) is 4.72 Å². The van der Waals surface area contributed by atoms with Crippen LogP contribution in [-0.2, 0) is 10.0 Å². The van der Waals surface area contributed by atoms with Crippen LogP contribution in [-0.4, -0.2) is 14.5 Å². The van der Waals surface area contributed by atoms with E-state index in [1.807, 2.05) is 6.07 Å². The van der Waals surface area contributed by atoms with E-state index in [-0.39, 0.29) is 6.04 Å². The Morgan fingerprint density at radius 2 is 1.82 bits per heavy atom. The van der Waals surface area contributed by atoms with Gasteiger partial charge in [0, 0.05) is 6.04 Å². The smallest absolute Gasteiger partial charge is 0.208 e. The summed E-state index contributed by atoms with van der Waals surface area (Å²) >= 11 is 0. The second kappa shape index (κ2) is 4.10. The highest BCUT2D eigenvalue weighted by molar-refractivity contribution is 7.89. The van der Waals surface area contributed by atoms with Crippen LogP contribution in [0, 0.1) is 11.8 Å². The van der Waals surface area contributed by atoms with Crippen LogP contribution in [0.5, 0.6) is 0 Å². The van der Waals surface area contributed by atoms with Crippen molar-refractivity contribution in [1.82, 2.24) is 4.72 Å². The van der Waals surface area contributed by atoms with E-state index in [1.54, 1.807) is 24.3 Å². The van der Waals surface area contributed by atoms with Crippen LogP contribution < -0.4 is 4.72 Å². The largest absolute Gasteiger partial charge is 0.240 e. The lowest BCUT2D eigenvalue weighted by Gasteiger charge is -2.22. The fourth-order valence-corrected chi connectivity index (χ4v) is 4.59. The standard InChI is InChI=1S/C13H17NO2S/c15-17(16,12-4-2-1-3-5-12)14-13-9-10-6-7-11(13)8-10/h1-5,10-11,13-14H,6-9H2. The van der Waals surface area contributed by atoms with E-state index in [1.165, 1.54) is 19.3 Å². The maximum atomic E-state index is 12.2. The summed E-state index contributed by atoms with van der Waals surface area (Å²) in [6.07, 6.45) is 4.71. The normalized spacial score (nSPS) is 31.9. The number of rotatable bonds is 3. The quantitative estimate of drug-likeness (QED) is 0.894. The minimum Gasteiger partial charge on any atom is -0.208 e. The minimum absolute atomic E-state index is 0.166. The highest BCUT2D eigenvalue weighted by Crippen LogP contribution is 2.44. The van der Waals surface area contributed by atoms with Gasteiger partial charge in [0.2, 0.25) is 10.0 Å². The molecule has 0 heterocycles. The second-order valence-electron chi connectivity index (χ2n) is 5.22. The van der Waals surface area contributed by atoms with Crippen molar-refractivity contribution >= 4 is 10.0 Å². The molecule has 1 N–H and O–H groups in total. The maximum Gasteiger partial charge on any atom is 0.240 e. The molecule has 0 saturated heterocycles. The third-order valence-electron chi connectivity index (χ3n) is 4.10. The fraction of sp³-hybridized carbons (Fsp3) is 0.538. The van der Waals surface area contributed by atoms with Crippen molar-refractivity contribution in [3.8, 4) is 0 Å². The molecule has 0 spiro atoms. The van der Waals surface area contributed by atoms with Crippen LogP contribution in [0.3, 0.4) is 0 Å². The zero-order valence-corrected chi connectivity index (χ0v) is 10.5. The Balaban J connectivity index is 1.77. The summed E-state index contributed by atoms with van der Waals surface area (Å²) in [5.74, 6) is 1.32. The molecule has 2 aliphatic carbocycles. The first-order valence-corrected chi connectivity index (χ1v) is 7.71. The Kier molecular flexibility index (Phi) is 2.71. The number of sulfonamides is 1. The molecule has 2 fully saturated rings. The number of nitrogens with one attached hydrogen (secondary N) is 1. The molecule has 2 saturated carbocycles. The Hall–Kier alpha value is -0.870. The molecule has 1 aromatic carbocycles. The molecule has 3 unspecified atom stereocenters. The fourth-order valence-electron chi connectivity index (χ4n) is 3.26. The molecule has 1 aromatic rings. The number of benzene rings is 1. The molecule has 17 heavy (non-hydrogen) atoms. The Morgan fingerprint density at radius 3 is 2.41 bits per heavy atom. The van der Waals surface area contributed by atoms with Gasteiger partial charge in [-0.25, -0.2) is 13.1 Å². The zero-order chi connectivity index (χ0) is 11.9. The molecule has 3 atom stereocenters. The van der Waals surface area contributed by atoms with Gasteiger partial charge in [0.15, 0.2) is 0 Å². The topological polar surface area (TPSA) is 46.2 Å². The maximum absolute atomic E-state index is 12.2. The Bertz CT molecular complexity index is 497. The predicted octanol–water partition coefficient (Wildman–Crippen LogP) is 2.15. The summed E-state index contributed by atoms with van der Waals surface area (Å²) in [7, 11) is -3.32. The molecule has 0 radical (unpaired) electrons. The molecular weight excluding hydrogens is 234 g/mol. The number of fused-ring (bicyclic) bond motifs is 2. The second-order valence-corrected chi connectivity index (χ2v) is 6.93. The van der Waals surface area contributed by atoms with Crippen molar-refractivity contribution in [2.45, 2.75) is 36.6 Å². The summed E-state index contributed by atoms with van der Waals surface area (Å²) in [6.45, 7) is 0. The summed E-state index contributed by atoms with van der Waals surface area (Å²) in [5, 5.41) is 0. The summed E-state index contributed by atoms with van der Waals surface area (Å²) in [5.41, 5.74) is 0. The first kappa shape index (κ1) is 11.2. The van der Waals surface area contributed by atoms with Gasteiger partial charge in [-0.15, -0.1) is 0 Å². The van der Waals surface area contributed by atoms with Gasteiger partial charge in [-0.2, -0.15) is 0 Å². The van der Waals surface area contributed by atoms with Gasteiger partial charge in [0.1, 0.15) is 0 Å².